The van der Waals surface area contributed by atoms with Crippen molar-refractivity contribution in [2.45, 2.75) is 30.8 Å². The highest BCUT2D eigenvalue weighted by Crippen LogP contribution is 2.13. The highest BCUT2D eigenvalue weighted by atomic mass is 32.2. The van der Waals surface area contributed by atoms with Crippen molar-refractivity contribution in [2.75, 3.05) is 5.32 Å². The van der Waals surface area contributed by atoms with Crippen LogP contribution in [0.25, 0.3) is 0 Å². The third-order valence-corrected chi connectivity index (χ3v) is 4.71. The van der Waals surface area contributed by atoms with Crippen molar-refractivity contribution in [3.8, 4) is 0 Å². The van der Waals surface area contributed by atoms with E-state index in [1.165, 1.54) is 31.2 Å². The molecule has 0 spiro atoms. The van der Waals surface area contributed by atoms with Crippen LogP contribution < -0.4 is 10.5 Å². The molecular formula is C19H20N2O6S. The van der Waals surface area contributed by atoms with Gasteiger partial charge in [-0.1, -0.05) is 30.3 Å². The Hall–Kier alpha value is -3.04. The van der Waals surface area contributed by atoms with E-state index in [0.717, 1.165) is 0 Å². The molecule has 0 aromatic heterocycles. The number of carbonyl (C=O) groups is 3. The van der Waals surface area contributed by atoms with Gasteiger partial charge in [0, 0.05) is 17.7 Å². The largest absolute Gasteiger partial charge is 0.453 e. The van der Waals surface area contributed by atoms with Gasteiger partial charge in [-0.3, -0.25) is 14.4 Å². The fourth-order valence-electron chi connectivity index (χ4n) is 2.27. The van der Waals surface area contributed by atoms with Crippen LogP contribution in [0.3, 0.4) is 0 Å². The molecule has 9 heteroatoms. The summed E-state index contributed by atoms with van der Waals surface area (Å²) in [6.07, 6.45) is -1.25. The molecule has 1 atom stereocenters. The predicted molar refractivity (Wildman–Crippen MR) is 102 cm³/mol. The minimum Gasteiger partial charge on any atom is -0.453 e. The molecule has 0 aliphatic rings. The number of primary sulfonamides is 1. The third-order valence-electron chi connectivity index (χ3n) is 3.78. The Kier molecular flexibility index (Phi) is 7.02. The van der Waals surface area contributed by atoms with E-state index in [4.69, 9.17) is 9.88 Å². The molecule has 8 nitrogen and oxygen atoms in total. The van der Waals surface area contributed by atoms with Gasteiger partial charge < -0.3 is 10.1 Å². The zero-order chi connectivity index (χ0) is 20.7. The van der Waals surface area contributed by atoms with E-state index in [0.29, 0.717) is 11.3 Å². The number of carbonyl (C=O) groups excluding carboxylic acids is 3. The lowest BCUT2D eigenvalue weighted by molar-refractivity contribution is -0.153. The van der Waals surface area contributed by atoms with E-state index in [2.05, 4.69) is 5.32 Å². The molecule has 28 heavy (non-hydrogen) atoms. The van der Waals surface area contributed by atoms with E-state index in [1.54, 1.807) is 30.3 Å². The zero-order valence-corrected chi connectivity index (χ0v) is 15.9. The van der Waals surface area contributed by atoms with Gasteiger partial charge in [-0.15, -0.1) is 0 Å². The normalized spacial score (nSPS) is 12.1. The van der Waals surface area contributed by atoms with Crippen molar-refractivity contribution in [1.29, 1.82) is 0 Å². The first-order valence-corrected chi connectivity index (χ1v) is 9.93. The topological polar surface area (TPSA) is 133 Å². The van der Waals surface area contributed by atoms with Gasteiger partial charge in [0.1, 0.15) is 0 Å². The van der Waals surface area contributed by atoms with Crippen LogP contribution >= 0.6 is 0 Å². The number of ketones is 1. The smallest absolute Gasteiger partial charge is 0.307 e. The molecule has 0 saturated heterocycles. The van der Waals surface area contributed by atoms with Gasteiger partial charge in [-0.25, -0.2) is 13.6 Å². The van der Waals surface area contributed by atoms with Gasteiger partial charge in [-0.05, 0) is 31.2 Å². The van der Waals surface area contributed by atoms with Gasteiger partial charge in [0.25, 0.3) is 5.91 Å². The molecule has 0 aliphatic carbocycles. The lowest BCUT2D eigenvalue weighted by Gasteiger charge is -2.13. The minimum atomic E-state index is -3.82. The number of hydrogen-bond donors (Lipinski definition) is 2. The summed E-state index contributed by atoms with van der Waals surface area (Å²) in [6, 6.07) is 13.8. The highest BCUT2D eigenvalue weighted by Gasteiger charge is 2.19. The van der Waals surface area contributed by atoms with E-state index < -0.39 is 28.0 Å². The van der Waals surface area contributed by atoms with Crippen molar-refractivity contribution in [3.63, 3.8) is 0 Å². The number of nitrogens with two attached hydrogens (primary N) is 1. The first-order valence-electron chi connectivity index (χ1n) is 8.38. The summed E-state index contributed by atoms with van der Waals surface area (Å²) in [5.74, 6) is -1.45. The number of esters is 1. The summed E-state index contributed by atoms with van der Waals surface area (Å²) < 4.78 is 27.4. The molecular weight excluding hydrogens is 384 g/mol. The van der Waals surface area contributed by atoms with Crippen LogP contribution in [0, 0.1) is 0 Å². The summed E-state index contributed by atoms with van der Waals surface area (Å²) in [5.41, 5.74) is 0.823. The average molecular weight is 404 g/mol. The standard InChI is InChI=1S/C19H20N2O6S/c1-13(19(24)21-15-7-9-16(10-8-15)28(20,25)26)27-18(23)12-11-17(22)14-5-3-2-4-6-14/h2-10,13H,11-12H2,1H3,(H,21,24)(H2,20,25,26)/t13-/m1/s1. The van der Waals surface area contributed by atoms with Crippen LogP contribution in [0.4, 0.5) is 5.69 Å². The van der Waals surface area contributed by atoms with E-state index in [1.807, 2.05) is 0 Å². The van der Waals surface area contributed by atoms with E-state index in [9.17, 15) is 22.8 Å². The summed E-state index contributed by atoms with van der Waals surface area (Å²) in [6.45, 7) is 1.39. The Bertz CT molecular complexity index is 956. The molecule has 0 radical (unpaired) electrons. The lowest BCUT2D eigenvalue weighted by Crippen LogP contribution is -2.30. The van der Waals surface area contributed by atoms with Gasteiger partial charge in [-0.2, -0.15) is 0 Å². The zero-order valence-electron chi connectivity index (χ0n) is 15.1. The number of hydrogen-bond acceptors (Lipinski definition) is 6. The molecule has 0 aliphatic heterocycles. The number of amides is 1. The van der Waals surface area contributed by atoms with Crippen LogP contribution in [0.2, 0.25) is 0 Å². The fourth-order valence-corrected chi connectivity index (χ4v) is 2.78. The molecule has 1 amide bonds. The quantitative estimate of drug-likeness (QED) is 0.510. The Labute approximate surface area is 162 Å². The fraction of sp³-hybridized carbons (Fsp3) is 0.211. The van der Waals surface area contributed by atoms with Crippen molar-refractivity contribution in [2.24, 2.45) is 5.14 Å². The maximum Gasteiger partial charge on any atom is 0.307 e. The Balaban J connectivity index is 1.83. The van der Waals surface area contributed by atoms with Crippen molar-refractivity contribution in [1.82, 2.24) is 0 Å². The number of nitrogens with one attached hydrogen (secondary N) is 1. The van der Waals surface area contributed by atoms with Crippen LogP contribution in [-0.4, -0.2) is 32.2 Å². The van der Waals surface area contributed by atoms with Crippen LogP contribution in [0.15, 0.2) is 59.5 Å². The van der Waals surface area contributed by atoms with Gasteiger partial charge >= 0.3 is 5.97 Å². The van der Waals surface area contributed by atoms with E-state index >= 15 is 0 Å². The number of ether oxygens (including phenoxy) is 1. The predicted octanol–water partition coefficient (Wildman–Crippen LogP) is 1.87. The molecule has 148 valence electrons. The second-order valence-corrected chi connectivity index (χ2v) is 7.54. The lowest BCUT2D eigenvalue weighted by atomic mass is 10.1. The molecule has 2 aromatic rings. The number of sulfonamides is 1. The molecule has 0 fully saturated rings. The highest BCUT2D eigenvalue weighted by molar-refractivity contribution is 7.89. The van der Waals surface area contributed by atoms with Crippen LogP contribution in [0.1, 0.15) is 30.1 Å². The molecule has 3 N–H and O–H groups in total. The number of rotatable bonds is 8. The SMILES string of the molecule is C[C@@H](OC(=O)CCC(=O)c1ccccc1)C(=O)Nc1ccc(S(N)(=O)=O)cc1. The summed E-state index contributed by atoms with van der Waals surface area (Å²) in [7, 11) is -3.82. The summed E-state index contributed by atoms with van der Waals surface area (Å²) in [5, 5.41) is 7.50. The maximum atomic E-state index is 12.1. The van der Waals surface area contributed by atoms with Crippen LogP contribution in [-0.2, 0) is 24.3 Å². The first kappa shape index (κ1) is 21.3. The third kappa shape index (κ3) is 6.29. The number of Topliss-reactive ketones (excluding diaryl/α,β-unsaturated/α-hetero) is 1. The van der Waals surface area contributed by atoms with Gasteiger partial charge in [0.05, 0.1) is 11.3 Å². The van der Waals surface area contributed by atoms with E-state index in [-0.39, 0.29) is 23.5 Å². The minimum absolute atomic E-state index is 0.0216. The monoisotopic (exact) mass is 404 g/mol. The average Bonchev–Trinajstić information content (AvgIpc) is 2.66. The molecule has 0 saturated carbocycles. The van der Waals surface area contributed by atoms with Crippen molar-refractivity contribution >= 4 is 33.4 Å². The maximum absolute atomic E-state index is 12.1. The second kappa shape index (κ2) is 9.25. The van der Waals surface area contributed by atoms with Crippen LogP contribution in [0.5, 0.6) is 0 Å². The van der Waals surface area contributed by atoms with Gasteiger partial charge in [0.15, 0.2) is 11.9 Å². The summed E-state index contributed by atoms with van der Waals surface area (Å²) >= 11 is 0. The molecule has 2 rings (SSSR count). The Morgan fingerprint density at radius 1 is 1.00 bits per heavy atom. The molecule has 2 aromatic carbocycles. The second-order valence-electron chi connectivity index (χ2n) is 5.98. The van der Waals surface area contributed by atoms with Gasteiger partial charge in [0.2, 0.25) is 10.0 Å². The Morgan fingerprint density at radius 2 is 1.61 bits per heavy atom. The summed E-state index contributed by atoms with van der Waals surface area (Å²) in [4.78, 5) is 35.8. The first-order chi connectivity index (χ1) is 13.2. The Morgan fingerprint density at radius 3 is 2.18 bits per heavy atom. The van der Waals surface area contributed by atoms with Crippen molar-refractivity contribution in [3.05, 3.63) is 60.2 Å². The molecule has 0 unspecified atom stereocenters. The number of benzene rings is 2. The number of anilines is 1. The molecule has 0 bridgehead atoms. The van der Waals surface area contributed by atoms with Crippen molar-refractivity contribution < 1.29 is 27.5 Å². The molecule has 0 heterocycles.